The van der Waals surface area contributed by atoms with Crippen molar-refractivity contribution in [2.75, 3.05) is 70.5 Å². The van der Waals surface area contributed by atoms with E-state index in [9.17, 15) is 5.11 Å². The van der Waals surface area contributed by atoms with E-state index >= 15 is 13.2 Å². The molecule has 6 aliphatic heterocycles. The molecule has 0 saturated carbocycles. The van der Waals surface area contributed by atoms with Crippen LogP contribution in [0.4, 0.5) is 19.0 Å². The Hall–Kier alpha value is -3.87. The van der Waals surface area contributed by atoms with Crippen molar-refractivity contribution in [3.63, 3.8) is 0 Å². The first-order valence-corrected chi connectivity index (χ1v) is 20.6. The molecule has 7 heterocycles. The Labute approximate surface area is 320 Å². The van der Waals surface area contributed by atoms with Crippen LogP contribution in [-0.2, 0) is 6.42 Å². The molecular formula is C43H51F3N6O3. The molecule has 5 saturated heterocycles. The number of likely N-dealkylation sites (tertiary alicyclic amines) is 1. The van der Waals surface area contributed by atoms with Crippen LogP contribution >= 0.6 is 0 Å². The maximum atomic E-state index is 17.5. The van der Waals surface area contributed by atoms with Gasteiger partial charge in [0.1, 0.15) is 36.5 Å². The van der Waals surface area contributed by atoms with E-state index in [0.717, 1.165) is 64.1 Å². The van der Waals surface area contributed by atoms with Gasteiger partial charge in [0.25, 0.3) is 0 Å². The number of phenols is 1. The van der Waals surface area contributed by atoms with Crippen LogP contribution in [-0.4, -0.2) is 108 Å². The molecule has 9 nitrogen and oxygen atoms in total. The summed E-state index contributed by atoms with van der Waals surface area (Å²) in [6.07, 6.45) is 6.66. The Balaban J connectivity index is 1.10. The number of aromatic hydroxyl groups is 1. The van der Waals surface area contributed by atoms with Crippen molar-refractivity contribution >= 4 is 27.5 Å². The number of piperidine rings is 1. The molecule has 2 N–H and O–H groups in total. The lowest BCUT2D eigenvalue weighted by molar-refractivity contribution is 0.107. The largest absolute Gasteiger partial charge is 0.508 e. The van der Waals surface area contributed by atoms with Gasteiger partial charge in [-0.2, -0.15) is 9.97 Å². The second kappa shape index (κ2) is 14.0. The Kier molecular flexibility index (Phi) is 9.01. The minimum Gasteiger partial charge on any atom is -0.508 e. The minimum atomic E-state index is -0.944. The number of aromatic nitrogens is 2. The number of ether oxygens (including phenoxy) is 2. The Morgan fingerprint density at radius 2 is 1.87 bits per heavy atom. The molecule has 4 aromatic rings. The molecule has 0 aliphatic carbocycles. The average molecular weight is 757 g/mol. The van der Waals surface area contributed by atoms with Gasteiger partial charge in [0.15, 0.2) is 17.4 Å². The summed E-state index contributed by atoms with van der Waals surface area (Å²) in [6.45, 7) is 9.15. The molecule has 292 valence electrons. The summed E-state index contributed by atoms with van der Waals surface area (Å²) in [4.78, 5) is 16.8. The number of nitrogens with zero attached hydrogens (tertiary/aromatic N) is 5. The molecule has 0 radical (unpaired) electrons. The third-order valence-electron chi connectivity index (χ3n) is 13.8. The Bertz CT molecular complexity index is 2130. The van der Waals surface area contributed by atoms with Gasteiger partial charge in [-0.1, -0.05) is 31.5 Å². The summed E-state index contributed by atoms with van der Waals surface area (Å²) in [6, 6.07) is 8.60. The first kappa shape index (κ1) is 35.5. The van der Waals surface area contributed by atoms with Crippen molar-refractivity contribution in [3.8, 4) is 28.6 Å². The van der Waals surface area contributed by atoms with E-state index in [1.54, 1.807) is 6.07 Å². The SMILES string of the molecule is CCc1cccc2cc(O)cc(-c3c(F)c4c5c(nc(OC[C@]67C[C@@H](F)CN6C[C@@H](CN6CCCCC6)C7)nc5c3F)N3CC5CCC(CNC5)C3CO4)c12. The minimum absolute atomic E-state index is 0.00390. The van der Waals surface area contributed by atoms with Gasteiger partial charge < -0.3 is 29.7 Å². The lowest BCUT2D eigenvalue weighted by Gasteiger charge is -2.37. The number of hydrogen-bond donors (Lipinski definition) is 2. The molecule has 3 unspecified atom stereocenters. The molecule has 1 aromatic heterocycles. The molecule has 12 heteroatoms. The molecule has 3 aromatic carbocycles. The van der Waals surface area contributed by atoms with Crippen LogP contribution < -0.4 is 19.7 Å². The highest BCUT2D eigenvalue weighted by molar-refractivity contribution is 6.05. The number of hydrogen-bond acceptors (Lipinski definition) is 9. The topological polar surface area (TPSA) is 86.2 Å². The normalized spacial score (nSPS) is 29.5. The van der Waals surface area contributed by atoms with Crippen molar-refractivity contribution in [1.29, 1.82) is 0 Å². The molecular weight excluding hydrogens is 706 g/mol. The summed E-state index contributed by atoms with van der Waals surface area (Å²) in [5.74, 6) is -0.477. The summed E-state index contributed by atoms with van der Waals surface area (Å²) in [5.41, 5.74) is 0.266. The van der Waals surface area contributed by atoms with E-state index in [-0.39, 0.29) is 64.7 Å². The van der Waals surface area contributed by atoms with Crippen molar-refractivity contribution in [2.24, 2.45) is 17.8 Å². The predicted octanol–water partition coefficient (Wildman–Crippen LogP) is 6.86. The second-order valence-electron chi connectivity index (χ2n) is 17.3. The van der Waals surface area contributed by atoms with Gasteiger partial charge in [0, 0.05) is 39.1 Å². The highest BCUT2D eigenvalue weighted by Gasteiger charge is 2.53. The van der Waals surface area contributed by atoms with E-state index < -0.39 is 23.3 Å². The first-order chi connectivity index (χ1) is 26.8. The second-order valence-corrected chi connectivity index (χ2v) is 17.3. The Morgan fingerprint density at radius 1 is 1.00 bits per heavy atom. The van der Waals surface area contributed by atoms with Crippen molar-refractivity contribution in [2.45, 2.75) is 76.0 Å². The first-order valence-electron chi connectivity index (χ1n) is 20.6. The van der Waals surface area contributed by atoms with E-state index in [1.165, 1.54) is 25.3 Å². The molecule has 6 aliphatic rings. The number of halogens is 3. The van der Waals surface area contributed by atoms with E-state index in [0.29, 0.717) is 54.4 Å². The van der Waals surface area contributed by atoms with Crippen LogP contribution in [0.5, 0.6) is 17.5 Å². The van der Waals surface area contributed by atoms with Crippen LogP contribution in [0.2, 0.25) is 0 Å². The standard InChI is InChI=1S/C43H51F3N6O3/c1-2-27-7-6-8-28-13-31(53)14-32(34(27)28)35-37(45)39-36-40(38(35)46)54-23-33-29-10-9-25(17-47-18-29)21-52(33)41(36)49-42(48-39)55-24-43-15-26(19-50-11-4-3-5-12-50)20-51(43)22-30(44)16-43/h6-8,13-14,25-26,29-30,33,47,53H,2-5,9-12,15-24H2,1H3/t25?,26-,29?,30-,33?,43+/m1/s1. The van der Waals surface area contributed by atoms with Gasteiger partial charge in [-0.3, -0.25) is 4.90 Å². The number of rotatable bonds is 7. The molecule has 55 heavy (non-hydrogen) atoms. The monoisotopic (exact) mass is 756 g/mol. The zero-order valence-electron chi connectivity index (χ0n) is 31.6. The van der Waals surface area contributed by atoms with Crippen LogP contribution in [0, 0.1) is 29.4 Å². The fourth-order valence-electron chi connectivity index (χ4n) is 11.2. The summed E-state index contributed by atoms with van der Waals surface area (Å²) < 4.78 is 63.1. The third-order valence-corrected chi connectivity index (χ3v) is 13.8. The van der Waals surface area contributed by atoms with Crippen LogP contribution in [0.25, 0.3) is 32.8 Å². The maximum absolute atomic E-state index is 17.5. The van der Waals surface area contributed by atoms with Crippen molar-refractivity contribution in [1.82, 2.24) is 25.1 Å². The lowest BCUT2D eigenvalue weighted by Crippen LogP contribution is -2.50. The van der Waals surface area contributed by atoms with Crippen LogP contribution in [0.1, 0.15) is 57.4 Å². The molecule has 0 amide bonds. The zero-order chi connectivity index (χ0) is 37.4. The molecule has 0 spiro atoms. The summed E-state index contributed by atoms with van der Waals surface area (Å²) in [7, 11) is 0. The zero-order valence-corrected chi connectivity index (χ0v) is 31.6. The van der Waals surface area contributed by atoms with E-state index in [4.69, 9.17) is 19.4 Å². The lowest BCUT2D eigenvalue weighted by atomic mass is 9.90. The van der Waals surface area contributed by atoms with Gasteiger partial charge in [0.05, 0.1) is 22.5 Å². The quantitative estimate of drug-likeness (QED) is 0.210. The number of phenolic OH excluding ortho intramolecular Hbond substituents is 1. The van der Waals surface area contributed by atoms with Crippen molar-refractivity contribution < 1.29 is 27.8 Å². The summed E-state index contributed by atoms with van der Waals surface area (Å²) >= 11 is 0. The predicted molar refractivity (Wildman–Crippen MR) is 207 cm³/mol. The summed E-state index contributed by atoms with van der Waals surface area (Å²) in [5, 5.41) is 16.0. The molecule has 6 atom stereocenters. The number of anilines is 1. The number of aryl methyl sites for hydroxylation is 1. The van der Waals surface area contributed by atoms with Gasteiger partial charge >= 0.3 is 6.01 Å². The molecule has 2 bridgehead atoms. The van der Waals surface area contributed by atoms with Gasteiger partial charge in [-0.15, -0.1) is 0 Å². The van der Waals surface area contributed by atoms with Gasteiger partial charge in [-0.05, 0) is 110 Å². The molecule has 10 rings (SSSR count). The fraction of sp³-hybridized carbons (Fsp3) is 0.581. The number of fused-ring (bicyclic) bond motifs is 8. The highest BCUT2D eigenvalue weighted by atomic mass is 19.1. The Morgan fingerprint density at radius 3 is 2.73 bits per heavy atom. The van der Waals surface area contributed by atoms with Gasteiger partial charge in [0.2, 0.25) is 0 Å². The maximum Gasteiger partial charge on any atom is 0.319 e. The average Bonchev–Trinajstić information content (AvgIpc) is 3.38. The fourth-order valence-corrected chi connectivity index (χ4v) is 11.2. The van der Waals surface area contributed by atoms with Crippen LogP contribution in [0.3, 0.4) is 0 Å². The number of nitrogens with one attached hydrogen (secondary N) is 1. The third kappa shape index (κ3) is 6.09. The van der Waals surface area contributed by atoms with Crippen molar-refractivity contribution in [3.05, 3.63) is 47.5 Å². The number of benzene rings is 3. The smallest absolute Gasteiger partial charge is 0.319 e. The molecule has 5 fully saturated rings. The highest BCUT2D eigenvalue weighted by Crippen LogP contribution is 2.49. The van der Waals surface area contributed by atoms with Gasteiger partial charge in [-0.25, -0.2) is 13.2 Å². The van der Waals surface area contributed by atoms with E-state index in [2.05, 4.69) is 20.0 Å². The van der Waals surface area contributed by atoms with E-state index in [1.807, 2.05) is 25.1 Å². The van der Waals surface area contributed by atoms with Crippen LogP contribution in [0.15, 0.2) is 30.3 Å². The number of alkyl halides is 1.